The fourth-order valence-electron chi connectivity index (χ4n) is 5.80. The largest absolute Gasteiger partial charge is 0.359 e. The predicted octanol–water partition coefficient (Wildman–Crippen LogP) is 7.54. The standard InChI is InChI=1S/C33H36N8/c1-5-24(15-25(6-2)37-21(3)14-23-10-8-7-9-11-23)29-16-26-31(18-35-29)39-40-32(26)30-17-27-28(38-30)12-13-34-33(27)41-19-22(4)36-20-41/h5-6,12-13,15-20,23,37-38H,2-3,7-11,14H2,1,4H3,(H,39,40)/b24-5+,25-15+. The SMILES string of the molecule is C=C/C(=C\C(=C/C)c1cc2c(-c3cc4c(-n5cnc(C)c5)nccc4[nH]3)n[nH]c2cn1)NC(=C)CC1CCCCC1. The Bertz CT molecular complexity index is 1790. The Hall–Kier alpha value is -4.72. The lowest BCUT2D eigenvalue weighted by atomic mass is 9.86. The van der Waals surface area contributed by atoms with Crippen molar-refractivity contribution in [3.8, 4) is 17.2 Å². The molecule has 208 valence electrons. The van der Waals surface area contributed by atoms with Crippen LogP contribution < -0.4 is 5.32 Å². The van der Waals surface area contributed by atoms with Gasteiger partial charge in [-0.15, -0.1) is 0 Å². The molecule has 0 atom stereocenters. The normalized spacial score (nSPS) is 15.1. The van der Waals surface area contributed by atoms with Crippen LogP contribution in [0.4, 0.5) is 0 Å². The third-order valence-electron chi connectivity index (χ3n) is 7.90. The van der Waals surface area contributed by atoms with Crippen molar-refractivity contribution in [2.75, 3.05) is 0 Å². The van der Waals surface area contributed by atoms with E-state index in [-0.39, 0.29) is 0 Å². The summed E-state index contributed by atoms with van der Waals surface area (Å²) in [4.78, 5) is 17.3. The molecule has 1 saturated carbocycles. The molecule has 0 aromatic carbocycles. The Kier molecular flexibility index (Phi) is 7.37. The number of fused-ring (bicyclic) bond motifs is 2. The van der Waals surface area contributed by atoms with E-state index in [1.807, 2.05) is 43.0 Å². The molecular formula is C33H36N8. The van der Waals surface area contributed by atoms with Crippen molar-refractivity contribution in [3.63, 3.8) is 0 Å². The van der Waals surface area contributed by atoms with Gasteiger partial charge in [0, 0.05) is 34.6 Å². The van der Waals surface area contributed by atoms with Gasteiger partial charge in [0.2, 0.25) is 0 Å². The topological polar surface area (TPSA) is 100 Å². The molecule has 8 heteroatoms. The minimum atomic E-state index is 0.722. The smallest absolute Gasteiger partial charge is 0.147 e. The van der Waals surface area contributed by atoms with Crippen LogP contribution in [0, 0.1) is 12.8 Å². The maximum atomic E-state index is 4.74. The second kappa shape index (κ2) is 11.4. The number of aromatic amines is 2. The quantitative estimate of drug-likeness (QED) is 0.166. The maximum Gasteiger partial charge on any atom is 0.147 e. The number of aryl methyl sites for hydroxylation is 1. The molecule has 1 fully saturated rings. The summed E-state index contributed by atoms with van der Waals surface area (Å²) in [5, 5.41) is 13.3. The van der Waals surface area contributed by atoms with E-state index in [9.17, 15) is 0 Å². The van der Waals surface area contributed by atoms with E-state index in [2.05, 4.69) is 67.9 Å². The van der Waals surface area contributed by atoms with Crippen molar-refractivity contribution in [2.24, 2.45) is 5.92 Å². The highest BCUT2D eigenvalue weighted by Gasteiger charge is 2.17. The van der Waals surface area contributed by atoms with Gasteiger partial charge >= 0.3 is 0 Å². The van der Waals surface area contributed by atoms with Gasteiger partial charge in [-0.2, -0.15) is 5.10 Å². The Labute approximate surface area is 240 Å². The third-order valence-corrected chi connectivity index (χ3v) is 7.90. The molecule has 5 heterocycles. The van der Waals surface area contributed by atoms with Crippen LogP contribution in [0.5, 0.6) is 0 Å². The maximum absolute atomic E-state index is 4.74. The number of rotatable bonds is 9. The molecule has 0 spiro atoms. The zero-order valence-electron chi connectivity index (χ0n) is 23.7. The highest BCUT2D eigenvalue weighted by molar-refractivity contribution is 5.98. The van der Waals surface area contributed by atoms with Gasteiger partial charge in [0.25, 0.3) is 0 Å². The summed E-state index contributed by atoms with van der Waals surface area (Å²) in [6.45, 7) is 12.3. The summed E-state index contributed by atoms with van der Waals surface area (Å²) in [6, 6.07) is 6.15. The van der Waals surface area contributed by atoms with Crippen molar-refractivity contribution in [2.45, 2.75) is 52.4 Å². The fraction of sp³-hybridized carbons (Fsp3) is 0.273. The molecule has 5 aromatic heterocycles. The lowest BCUT2D eigenvalue weighted by Crippen LogP contribution is -2.16. The first kappa shape index (κ1) is 26.5. The van der Waals surface area contributed by atoms with Crippen molar-refractivity contribution in [3.05, 3.63) is 97.3 Å². The van der Waals surface area contributed by atoms with Crippen LogP contribution >= 0.6 is 0 Å². The highest BCUT2D eigenvalue weighted by atomic mass is 15.1. The number of allylic oxidation sites excluding steroid dienone is 5. The number of hydrogen-bond acceptors (Lipinski definition) is 5. The molecule has 0 radical (unpaired) electrons. The van der Waals surface area contributed by atoms with E-state index in [1.165, 1.54) is 32.1 Å². The Morgan fingerprint density at radius 1 is 1.12 bits per heavy atom. The Balaban J connectivity index is 1.29. The van der Waals surface area contributed by atoms with Crippen LogP contribution in [-0.2, 0) is 0 Å². The van der Waals surface area contributed by atoms with Gasteiger partial charge in [0.1, 0.15) is 17.8 Å². The van der Waals surface area contributed by atoms with Crippen LogP contribution in [0.2, 0.25) is 0 Å². The number of pyridine rings is 2. The average molecular weight is 545 g/mol. The lowest BCUT2D eigenvalue weighted by Gasteiger charge is -2.23. The fourth-order valence-corrected chi connectivity index (χ4v) is 5.80. The van der Waals surface area contributed by atoms with Crippen molar-refractivity contribution in [1.29, 1.82) is 0 Å². The minimum Gasteiger partial charge on any atom is -0.359 e. The van der Waals surface area contributed by atoms with Gasteiger partial charge in [-0.25, -0.2) is 9.97 Å². The van der Waals surface area contributed by atoms with E-state index in [0.717, 1.165) is 79.7 Å². The van der Waals surface area contributed by atoms with Crippen LogP contribution in [0.25, 0.3) is 44.6 Å². The van der Waals surface area contributed by atoms with E-state index in [0.29, 0.717) is 0 Å². The number of hydrogen-bond donors (Lipinski definition) is 3. The molecule has 5 aromatic rings. The lowest BCUT2D eigenvalue weighted by molar-refractivity contribution is 0.353. The van der Waals surface area contributed by atoms with E-state index >= 15 is 0 Å². The zero-order chi connectivity index (χ0) is 28.3. The van der Waals surface area contributed by atoms with Gasteiger partial charge in [0.15, 0.2) is 0 Å². The van der Waals surface area contributed by atoms with Gasteiger partial charge in [-0.05, 0) is 62.1 Å². The van der Waals surface area contributed by atoms with E-state index in [4.69, 9.17) is 4.98 Å². The average Bonchev–Trinajstić information content (AvgIpc) is 3.73. The van der Waals surface area contributed by atoms with E-state index in [1.54, 1.807) is 12.5 Å². The van der Waals surface area contributed by atoms with E-state index < -0.39 is 0 Å². The van der Waals surface area contributed by atoms with Gasteiger partial charge in [-0.3, -0.25) is 14.6 Å². The highest BCUT2D eigenvalue weighted by Crippen LogP contribution is 2.32. The summed E-state index contributed by atoms with van der Waals surface area (Å²) in [5.74, 6) is 1.55. The molecule has 0 amide bonds. The number of H-pyrrole nitrogens is 2. The molecular weight excluding hydrogens is 508 g/mol. The summed E-state index contributed by atoms with van der Waals surface area (Å²) in [7, 11) is 0. The monoisotopic (exact) mass is 544 g/mol. The van der Waals surface area contributed by atoms with Crippen LogP contribution in [0.3, 0.4) is 0 Å². The molecule has 41 heavy (non-hydrogen) atoms. The molecule has 0 unspecified atom stereocenters. The summed E-state index contributed by atoms with van der Waals surface area (Å²) >= 11 is 0. The van der Waals surface area contributed by atoms with Crippen molar-refractivity contribution >= 4 is 27.4 Å². The molecule has 6 rings (SSSR count). The molecule has 1 aliphatic carbocycles. The van der Waals surface area contributed by atoms with Gasteiger partial charge in [0.05, 0.1) is 34.3 Å². The zero-order valence-corrected chi connectivity index (χ0v) is 23.7. The summed E-state index contributed by atoms with van der Waals surface area (Å²) in [6.07, 6.45) is 21.0. The second-order valence-corrected chi connectivity index (χ2v) is 10.9. The number of nitrogens with zero attached hydrogens (tertiary/aromatic N) is 5. The van der Waals surface area contributed by atoms with Gasteiger partial charge < -0.3 is 10.3 Å². The minimum absolute atomic E-state index is 0.722. The summed E-state index contributed by atoms with van der Waals surface area (Å²) in [5.41, 5.74) is 8.32. The third kappa shape index (κ3) is 5.50. The number of nitrogens with one attached hydrogen (secondary N) is 3. The first-order valence-corrected chi connectivity index (χ1v) is 14.3. The van der Waals surface area contributed by atoms with Gasteiger partial charge in [-0.1, -0.05) is 51.3 Å². The molecule has 0 saturated heterocycles. The number of aromatic nitrogens is 7. The van der Waals surface area contributed by atoms with Crippen LogP contribution in [-0.4, -0.2) is 34.7 Å². The molecule has 1 aliphatic rings. The molecule has 3 N–H and O–H groups in total. The number of imidazole rings is 1. The van der Waals surface area contributed by atoms with Crippen LogP contribution in [0.15, 0.2) is 85.9 Å². The second-order valence-electron chi connectivity index (χ2n) is 10.9. The Morgan fingerprint density at radius 3 is 2.73 bits per heavy atom. The van der Waals surface area contributed by atoms with Crippen molar-refractivity contribution in [1.82, 2.24) is 40.0 Å². The molecule has 0 bridgehead atoms. The predicted molar refractivity (Wildman–Crippen MR) is 166 cm³/mol. The van der Waals surface area contributed by atoms with Crippen molar-refractivity contribution < 1.29 is 0 Å². The first-order valence-electron chi connectivity index (χ1n) is 14.3. The summed E-state index contributed by atoms with van der Waals surface area (Å²) < 4.78 is 1.94. The molecule has 8 nitrogen and oxygen atoms in total. The van der Waals surface area contributed by atoms with Crippen LogP contribution in [0.1, 0.15) is 56.8 Å². The first-order chi connectivity index (χ1) is 20.0. The molecule has 0 aliphatic heterocycles. The Morgan fingerprint density at radius 2 is 1.98 bits per heavy atom.